The van der Waals surface area contributed by atoms with E-state index in [1.165, 1.54) is 31.4 Å². The molecule has 0 aromatic heterocycles. The van der Waals surface area contributed by atoms with Crippen molar-refractivity contribution >= 4 is 11.4 Å². The molecule has 0 saturated carbocycles. The van der Waals surface area contributed by atoms with Crippen LogP contribution in [0.15, 0.2) is 140 Å². The number of ether oxygens (including phenoxy) is 11. The molecule has 9 unspecified atom stereocenters. The maximum absolute atomic E-state index is 10.5. The number of hydrogen-bond donors (Lipinski definition) is 12. The Morgan fingerprint density at radius 1 is 0.512 bits per heavy atom. The van der Waals surface area contributed by atoms with Crippen LogP contribution in [0, 0.1) is 22.0 Å². The van der Waals surface area contributed by atoms with Crippen molar-refractivity contribution < 1.29 is 113 Å². The van der Waals surface area contributed by atoms with Crippen molar-refractivity contribution in [3.8, 4) is 11.5 Å². The molecule has 86 heavy (non-hydrogen) atoms. The molecule has 26 nitrogen and oxygen atoms in total. The lowest BCUT2D eigenvalue weighted by molar-refractivity contribution is -0.384. The first kappa shape index (κ1) is 67.6. The number of benzene rings is 5. The summed E-state index contributed by atoms with van der Waals surface area (Å²) in [6, 6.07) is 41.0. The van der Waals surface area contributed by atoms with Crippen molar-refractivity contribution in [3.05, 3.63) is 166 Å². The van der Waals surface area contributed by atoms with E-state index in [0.29, 0.717) is 24.7 Å². The van der Waals surface area contributed by atoms with Crippen molar-refractivity contribution in [2.75, 3.05) is 39.3 Å². The lowest BCUT2D eigenvalue weighted by atomic mass is 9.83. The zero-order valence-electron chi connectivity index (χ0n) is 47.4. The highest BCUT2D eigenvalue weighted by Crippen LogP contribution is 2.36. The largest absolute Gasteiger partial charge is 0.462 e. The van der Waals surface area contributed by atoms with Crippen molar-refractivity contribution in [2.24, 2.45) is 11.8 Å². The van der Waals surface area contributed by atoms with Gasteiger partial charge < -0.3 is 114 Å². The Morgan fingerprint density at radius 3 is 1.44 bits per heavy atom. The summed E-state index contributed by atoms with van der Waals surface area (Å²) in [5, 5.41) is 116. The number of hydrogen-bond acceptors (Lipinski definition) is 25. The monoisotopic (exact) mass is 1210 g/mol. The van der Waals surface area contributed by atoms with Crippen molar-refractivity contribution in [1.82, 2.24) is 0 Å². The number of aliphatic hydroxyl groups excluding tert-OH is 11. The van der Waals surface area contributed by atoms with E-state index < -0.39 is 123 Å². The molecule has 5 aromatic carbocycles. The summed E-state index contributed by atoms with van der Waals surface area (Å²) in [6.07, 6.45) is -19.1. The number of methoxy groups -OCH3 is 1. The summed E-state index contributed by atoms with van der Waals surface area (Å²) < 4.78 is 61.2. The van der Waals surface area contributed by atoms with Gasteiger partial charge in [-0.2, -0.15) is 0 Å². The topological polar surface area (TPSA) is 393 Å². The minimum Gasteiger partial charge on any atom is -0.462 e. The molecule has 0 bridgehead atoms. The first-order valence-corrected chi connectivity index (χ1v) is 27.8. The van der Waals surface area contributed by atoms with E-state index in [1.54, 1.807) is 24.3 Å². The van der Waals surface area contributed by atoms with E-state index in [4.69, 9.17) is 68.1 Å². The van der Waals surface area contributed by atoms with Gasteiger partial charge in [0.05, 0.1) is 50.7 Å². The summed E-state index contributed by atoms with van der Waals surface area (Å²) in [5.41, 5.74) is 9.03. The van der Waals surface area contributed by atoms with Crippen LogP contribution in [0.3, 0.4) is 0 Å². The number of non-ortho nitro benzene ring substituents is 1. The molecule has 0 spiro atoms. The van der Waals surface area contributed by atoms with Crippen LogP contribution in [0.25, 0.3) is 0 Å². The minimum absolute atomic E-state index is 0.0118. The van der Waals surface area contributed by atoms with Gasteiger partial charge >= 0.3 is 0 Å². The number of nitrogen functional groups attached to an aromatic ring is 1. The van der Waals surface area contributed by atoms with Gasteiger partial charge in [0.25, 0.3) is 5.69 Å². The molecule has 0 radical (unpaired) electrons. The average molecular weight is 1210 g/mol. The van der Waals surface area contributed by atoms with Crippen LogP contribution in [0.5, 0.6) is 11.5 Å². The first-order valence-electron chi connectivity index (χ1n) is 27.8. The molecule has 5 aromatic rings. The van der Waals surface area contributed by atoms with E-state index >= 15 is 0 Å². The van der Waals surface area contributed by atoms with Gasteiger partial charge in [-0.1, -0.05) is 105 Å². The van der Waals surface area contributed by atoms with Crippen molar-refractivity contribution in [1.29, 1.82) is 0 Å². The van der Waals surface area contributed by atoms with E-state index in [-0.39, 0.29) is 48.7 Å². The molecular formula is C60H78N2O24. The molecule has 472 valence electrons. The van der Waals surface area contributed by atoms with E-state index in [2.05, 4.69) is 13.8 Å². The van der Waals surface area contributed by atoms with Gasteiger partial charge in [0.2, 0.25) is 12.6 Å². The summed E-state index contributed by atoms with van der Waals surface area (Å²) in [6.45, 7) is 4.41. The second kappa shape index (κ2) is 32.9. The molecule has 5 saturated heterocycles. The normalized spacial score (nSPS) is 34.0. The van der Waals surface area contributed by atoms with E-state index in [9.17, 15) is 56.1 Å². The van der Waals surface area contributed by atoms with Gasteiger partial charge in [0.1, 0.15) is 90.9 Å². The van der Waals surface area contributed by atoms with Crippen LogP contribution < -0.4 is 15.2 Å². The van der Waals surface area contributed by atoms with Crippen LogP contribution >= 0.6 is 0 Å². The van der Waals surface area contributed by atoms with Gasteiger partial charge in [0, 0.05) is 30.5 Å². The molecule has 5 fully saturated rings. The molecule has 10 rings (SSSR count). The number of anilines is 1. The second-order valence-electron chi connectivity index (χ2n) is 20.9. The third kappa shape index (κ3) is 17.9. The minimum atomic E-state index is -1.54. The Kier molecular flexibility index (Phi) is 25.9. The predicted octanol–water partition coefficient (Wildman–Crippen LogP) is 1.19. The van der Waals surface area contributed by atoms with Crippen LogP contribution in [0.2, 0.25) is 0 Å². The second-order valence-corrected chi connectivity index (χ2v) is 20.9. The number of fused-ring (bicyclic) bond motifs is 1. The molecule has 0 amide bonds. The third-order valence-corrected chi connectivity index (χ3v) is 15.0. The lowest BCUT2D eigenvalue weighted by Gasteiger charge is -2.45. The highest BCUT2D eigenvalue weighted by atomic mass is 16.8. The van der Waals surface area contributed by atoms with E-state index in [0.717, 1.165) is 16.7 Å². The summed E-state index contributed by atoms with van der Waals surface area (Å²) in [5.74, 6) is 0.964. The Labute approximate surface area is 496 Å². The van der Waals surface area contributed by atoms with Crippen LogP contribution in [0.1, 0.15) is 36.8 Å². The summed E-state index contributed by atoms with van der Waals surface area (Å²) in [4.78, 5) is 9.95. The first-order chi connectivity index (χ1) is 41.3. The molecule has 21 atom stereocenters. The highest BCUT2D eigenvalue weighted by molar-refractivity contribution is 5.41. The SMILES string of the molecule is CO[C@H]1OC2COC(c3ccccc3)O[C@H]2[C@H](O)C1O.C[C@@H]1C(CO)O[C@H](OCc2ccccc2)C(OCc2ccccc2)[C@H]1C.Nc1ccc(O[C@H]2OC(CO)[C@@H](O)[C@H](O)C2O)cc1.O=[N+]([O-])c1ccc(O[C@H]2OC(CO)[C@@H](O)[C@H](O)C2O)cc1. The predicted molar refractivity (Wildman–Crippen MR) is 301 cm³/mol. The number of rotatable bonds is 16. The standard InChI is InChI=1S/C22H28O4.C14H18O6.C12H15NO8.C12H17NO6/c1-16-17(2)21(24-14-18-9-5-3-6-10-18)22(26-20(16)13-23)25-15-19-11-7-4-8-12-19;1-17-14-11(16)10(15)12-9(19-14)7-18-13(20-12)8-5-3-2-4-6-8;14-5-8-9(15)10(16)11(17)12(21-8)20-7-3-1-6(2-4-7)13(18)19;13-6-1-3-7(4-2-6)18-12-11(17)10(16)9(15)8(5-14)19-12/h3-12,16-17,20-23H,13-15H2,1-2H3;2-6,9-16H,7H2,1H3;1-4,8-12,14-17H,5H2;1-4,8-12,14-17H,5,13H2/t16-,17-,20?,21?,22-;9?,10-,11?,12-,13?,14+;2*8?,9-,10+,11?,12+/m0111/s1. The molecule has 5 heterocycles. The fraction of sp³-hybridized carbons (Fsp3) is 0.500. The Morgan fingerprint density at radius 2 is 0.965 bits per heavy atom. The van der Waals surface area contributed by atoms with Gasteiger partial charge in [0.15, 0.2) is 18.9 Å². The van der Waals surface area contributed by atoms with Crippen LogP contribution in [0.4, 0.5) is 11.4 Å². The van der Waals surface area contributed by atoms with Crippen LogP contribution in [-0.4, -0.2) is 205 Å². The quantitative estimate of drug-likeness (QED) is 0.0375. The summed E-state index contributed by atoms with van der Waals surface area (Å²) >= 11 is 0. The number of aliphatic hydroxyl groups is 11. The lowest BCUT2D eigenvalue weighted by Crippen LogP contribution is -2.62. The number of nitrogens with zero attached hydrogens (tertiary/aromatic N) is 1. The fourth-order valence-electron chi connectivity index (χ4n) is 9.69. The Bertz CT molecular complexity index is 2720. The van der Waals surface area contributed by atoms with Gasteiger partial charge in [-0.25, -0.2) is 0 Å². The van der Waals surface area contributed by atoms with E-state index in [1.807, 2.05) is 91.0 Å². The Hall–Kier alpha value is -5.90. The van der Waals surface area contributed by atoms with Crippen molar-refractivity contribution in [3.63, 3.8) is 0 Å². The number of nitro benzene ring substituents is 1. The molecule has 0 aliphatic carbocycles. The molecule has 26 heteroatoms. The maximum atomic E-state index is 10.5. The zero-order chi connectivity index (χ0) is 62.0. The Balaban J connectivity index is 0.000000165. The highest BCUT2D eigenvalue weighted by Gasteiger charge is 2.50. The molecule has 5 aliphatic heterocycles. The molecular weight excluding hydrogens is 1130 g/mol. The van der Waals surface area contributed by atoms with Crippen molar-refractivity contribution in [2.45, 2.75) is 144 Å². The zero-order valence-corrected chi connectivity index (χ0v) is 47.4. The fourth-order valence-corrected chi connectivity index (χ4v) is 9.69. The number of nitro groups is 1. The maximum Gasteiger partial charge on any atom is 0.269 e. The molecule has 5 aliphatic rings. The third-order valence-electron chi connectivity index (χ3n) is 15.0. The van der Waals surface area contributed by atoms with Crippen LogP contribution in [-0.2, 0) is 55.8 Å². The summed E-state index contributed by atoms with van der Waals surface area (Å²) in [7, 11) is 1.41. The van der Waals surface area contributed by atoms with Gasteiger partial charge in [-0.05, 0) is 59.4 Å². The average Bonchev–Trinajstić information content (AvgIpc) is 1.67. The van der Waals surface area contributed by atoms with Gasteiger partial charge in [-0.3, -0.25) is 10.1 Å². The smallest absolute Gasteiger partial charge is 0.269 e. The molecule has 13 N–H and O–H groups in total. The van der Waals surface area contributed by atoms with Gasteiger partial charge in [-0.15, -0.1) is 0 Å². The number of nitrogens with two attached hydrogens (primary N) is 1.